The van der Waals surface area contributed by atoms with Crippen LogP contribution >= 0.6 is 34.2 Å². The maximum absolute atomic E-state index is 11.8. The van der Waals surface area contributed by atoms with Crippen LogP contribution in [0, 0.1) is 20.6 Å². The van der Waals surface area contributed by atoms with E-state index in [0.717, 1.165) is 27.1 Å². The first-order chi connectivity index (χ1) is 12.3. The summed E-state index contributed by atoms with van der Waals surface area (Å²) in [5, 5.41) is 27.4. The fourth-order valence-electron chi connectivity index (χ4n) is 2.06. The molecule has 8 nitrogen and oxygen atoms in total. The lowest BCUT2D eigenvalue weighted by molar-refractivity contribution is -0.385. The van der Waals surface area contributed by atoms with Crippen molar-refractivity contribution in [1.82, 2.24) is 5.43 Å². The third-order valence-corrected chi connectivity index (χ3v) is 4.19. The van der Waals surface area contributed by atoms with Crippen molar-refractivity contribution >= 4 is 57.7 Å². The Bertz CT molecular complexity index is 889. The number of aryl methyl sites for hydroxylation is 1. The van der Waals surface area contributed by atoms with Gasteiger partial charge in [0.2, 0.25) is 5.75 Å². The summed E-state index contributed by atoms with van der Waals surface area (Å²) in [4.78, 5) is 21.9. The lowest BCUT2D eigenvalue weighted by atomic mass is 10.2. The van der Waals surface area contributed by atoms with Gasteiger partial charge in [-0.3, -0.25) is 14.9 Å². The van der Waals surface area contributed by atoms with E-state index in [9.17, 15) is 20.0 Å². The number of nitrogens with one attached hydrogen (secondary N) is 2. The van der Waals surface area contributed by atoms with E-state index >= 15 is 0 Å². The monoisotopic (exact) mass is 488 g/mol. The molecule has 0 aromatic heterocycles. The van der Waals surface area contributed by atoms with Crippen molar-refractivity contribution in [2.45, 2.75) is 6.92 Å². The second-order valence-corrected chi connectivity index (χ2v) is 6.91. The molecule has 0 radical (unpaired) electrons. The van der Waals surface area contributed by atoms with E-state index in [1.165, 1.54) is 6.07 Å². The normalized spacial score (nSPS) is 10.7. The van der Waals surface area contributed by atoms with Crippen molar-refractivity contribution in [2.75, 3.05) is 11.9 Å². The number of aromatic hydroxyl groups is 1. The summed E-state index contributed by atoms with van der Waals surface area (Å²) in [7, 11) is 0. The van der Waals surface area contributed by atoms with Crippen molar-refractivity contribution < 1.29 is 14.8 Å². The van der Waals surface area contributed by atoms with Crippen molar-refractivity contribution in [3.05, 3.63) is 60.2 Å². The second kappa shape index (κ2) is 8.81. The molecule has 0 saturated carbocycles. The van der Waals surface area contributed by atoms with Crippen LogP contribution in [0.2, 0.25) is 5.02 Å². The standard InChI is InChI=1S/C16H14ClIN4O4/c1-9-4-12(18)2-3-13(9)19-8-15(23)21-20-7-10-5-11(17)6-14(16(10)24)22(25)26/h2-7,19,24H,8H2,1H3,(H,21,23)/b20-7-. The Hall–Kier alpha value is -2.40. The highest BCUT2D eigenvalue weighted by Crippen LogP contribution is 2.32. The van der Waals surface area contributed by atoms with Gasteiger partial charge in [0.1, 0.15) is 0 Å². The van der Waals surface area contributed by atoms with E-state index < -0.39 is 22.3 Å². The van der Waals surface area contributed by atoms with Crippen LogP contribution in [0.4, 0.5) is 11.4 Å². The number of phenolic OH excluding ortho intramolecular Hbond substituents is 1. The molecule has 1 amide bonds. The zero-order valence-corrected chi connectivity index (χ0v) is 16.4. The molecule has 0 fully saturated rings. The fraction of sp³-hybridized carbons (Fsp3) is 0.125. The smallest absolute Gasteiger partial charge is 0.312 e. The summed E-state index contributed by atoms with van der Waals surface area (Å²) >= 11 is 7.98. The van der Waals surface area contributed by atoms with Crippen LogP contribution in [0.3, 0.4) is 0 Å². The molecule has 0 aliphatic heterocycles. The summed E-state index contributed by atoms with van der Waals surface area (Å²) in [5.41, 5.74) is 3.58. The molecule has 0 spiro atoms. The molecule has 0 atom stereocenters. The molecule has 0 aliphatic carbocycles. The third kappa shape index (κ3) is 5.30. The molecule has 10 heteroatoms. The largest absolute Gasteiger partial charge is 0.502 e. The van der Waals surface area contributed by atoms with Gasteiger partial charge < -0.3 is 10.4 Å². The topological polar surface area (TPSA) is 117 Å². The maximum Gasteiger partial charge on any atom is 0.312 e. The second-order valence-electron chi connectivity index (χ2n) is 5.23. The first kappa shape index (κ1) is 19.9. The van der Waals surface area contributed by atoms with E-state index in [0.29, 0.717) is 0 Å². The molecular weight excluding hydrogens is 475 g/mol. The highest BCUT2D eigenvalue weighted by atomic mass is 127. The number of nitro groups is 1. The number of hydrazone groups is 1. The van der Waals surface area contributed by atoms with Gasteiger partial charge in [-0.05, 0) is 59.3 Å². The number of benzene rings is 2. The minimum atomic E-state index is -0.759. The first-order valence-electron chi connectivity index (χ1n) is 7.26. The highest BCUT2D eigenvalue weighted by Gasteiger charge is 2.17. The van der Waals surface area contributed by atoms with Crippen molar-refractivity contribution in [3.8, 4) is 5.75 Å². The average molecular weight is 489 g/mol. The summed E-state index contributed by atoms with van der Waals surface area (Å²) in [6.07, 6.45) is 1.09. The minimum Gasteiger partial charge on any atom is -0.502 e. The molecule has 0 heterocycles. The predicted molar refractivity (Wildman–Crippen MR) is 108 cm³/mol. The molecule has 0 bridgehead atoms. The number of hydrogen-bond acceptors (Lipinski definition) is 6. The minimum absolute atomic E-state index is 0.0134. The Morgan fingerprint density at radius 3 is 2.81 bits per heavy atom. The summed E-state index contributed by atoms with van der Waals surface area (Å²) < 4.78 is 1.09. The molecule has 0 unspecified atom stereocenters. The van der Waals surface area contributed by atoms with Gasteiger partial charge in [0.05, 0.1) is 17.7 Å². The van der Waals surface area contributed by atoms with Gasteiger partial charge in [-0.25, -0.2) is 5.43 Å². The number of anilines is 1. The van der Waals surface area contributed by atoms with Crippen molar-refractivity contribution in [3.63, 3.8) is 0 Å². The predicted octanol–water partition coefficient (Wildman–Crippen LogP) is 3.43. The maximum atomic E-state index is 11.8. The van der Waals surface area contributed by atoms with E-state index in [2.05, 4.69) is 38.4 Å². The van der Waals surface area contributed by atoms with Crippen molar-refractivity contribution in [2.24, 2.45) is 5.10 Å². The zero-order chi connectivity index (χ0) is 19.3. The SMILES string of the molecule is Cc1cc(I)ccc1NCC(=O)N/N=C\c1cc(Cl)cc([N+](=O)[O-])c1O. The van der Waals surface area contributed by atoms with E-state index in [1.54, 1.807) is 0 Å². The lowest BCUT2D eigenvalue weighted by Crippen LogP contribution is -2.26. The average Bonchev–Trinajstić information content (AvgIpc) is 2.56. The molecule has 0 saturated heterocycles. The van der Waals surface area contributed by atoms with Crippen molar-refractivity contribution in [1.29, 1.82) is 0 Å². The van der Waals surface area contributed by atoms with Gasteiger partial charge in [-0.15, -0.1) is 0 Å². The number of nitro benzene ring substituents is 1. The van der Waals surface area contributed by atoms with Crippen LogP contribution in [0.5, 0.6) is 5.75 Å². The first-order valence-corrected chi connectivity index (χ1v) is 8.72. The fourth-order valence-corrected chi connectivity index (χ4v) is 2.93. The van der Waals surface area contributed by atoms with Gasteiger partial charge in [0.15, 0.2) is 0 Å². The zero-order valence-electron chi connectivity index (χ0n) is 13.5. The number of hydrogen-bond donors (Lipinski definition) is 3. The number of nitrogens with zero attached hydrogens (tertiary/aromatic N) is 2. The van der Waals surface area contributed by atoms with Gasteiger partial charge in [-0.2, -0.15) is 5.10 Å². The molecule has 2 rings (SSSR count). The van der Waals surface area contributed by atoms with Gasteiger partial charge >= 0.3 is 5.69 Å². The Morgan fingerprint density at radius 2 is 2.15 bits per heavy atom. The van der Waals surface area contributed by atoms with Gasteiger partial charge in [0.25, 0.3) is 5.91 Å². The number of phenols is 1. The molecule has 26 heavy (non-hydrogen) atoms. The highest BCUT2D eigenvalue weighted by molar-refractivity contribution is 14.1. The van der Waals surface area contributed by atoms with Gasteiger partial charge in [-0.1, -0.05) is 11.6 Å². The van der Waals surface area contributed by atoms with E-state index in [1.807, 2.05) is 25.1 Å². The summed E-state index contributed by atoms with van der Waals surface area (Å²) in [5.74, 6) is -1.000. The Labute approximate surface area is 167 Å². The number of rotatable bonds is 6. The van der Waals surface area contributed by atoms with Crippen LogP contribution in [0.1, 0.15) is 11.1 Å². The van der Waals surface area contributed by atoms with Crippen LogP contribution in [0.15, 0.2) is 35.4 Å². The van der Waals surface area contributed by atoms with E-state index in [4.69, 9.17) is 11.6 Å². The Kier molecular flexibility index (Phi) is 6.75. The molecule has 0 aliphatic rings. The molecule has 3 N–H and O–H groups in total. The van der Waals surface area contributed by atoms with Crippen LogP contribution in [-0.4, -0.2) is 28.7 Å². The molecule has 2 aromatic rings. The van der Waals surface area contributed by atoms with Gasteiger partial charge in [0, 0.05) is 25.9 Å². The number of amides is 1. The summed E-state index contributed by atoms with van der Waals surface area (Å²) in [6, 6.07) is 8.10. The molecular formula is C16H14ClIN4O4. The quantitative estimate of drug-likeness (QED) is 0.249. The third-order valence-electron chi connectivity index (χ3n) is 3.30. The Balaban J connectivity index is 1.98. The lowest BCUT2D eigenvalue weighted by Gasteiger charge is -2.08. The van der Waals surface area contributed by atoms with Crippen LogP contribution in [-0.2, 0) is 4.79 Å². The number of carbonyl (C=O) groups excluding carboxylic acids is 1. The summed E-state index contributed by atoms with van der Waals surface area (Å²) in [6.45, 7) is 1.91. The van der Waals surface area contributed by atoms with Crippen LogP contribution < -0.4 is 10.7 Å². The number of carbonyl (C=O) groups is 1. The Morgan fingerprint density at radius 1 is 1.42 bits per heavy atom. The van der Waals surface area contributed by atoms with E-state index in [-0.39, 0.29) is 17.1 Å². The molecule has 2 aromatic carbocycles. The molecule has 136 valence electrons. The van der Waals surface area contributed by atoms with Crippen LogP contribution in [0.25, 0.3) is 0 Å². The number of halogens is 2.